The second kappa shape index (κ2) is 6.96. The number of amides is 1. The van der Waals surface area contributed by atoms with Crippen LogP contribution in [0.3, 0.4) is 0 Å². The predicted octanol–water partition coefficient (Wildman–Crippen LogP) is 2.58. The van der Waals surface area contributed by atoms with E-state index in [9.17, 15) is 4.79 Å². The summed E-state index contributed by atoms with van der Waals surface area (Å²) < 4.78 is 0. The summed E-state index contributed by atoms with van der Waals surface area (Å²) in [6.07, 6.45) is 0. The average molecular weight is 278 g/mol. The summed E-state index contributed by atoms with van der Waals surface area (Å²) in [5.74, 6) is 1.18. The van der Waals surface area contributed by atoms with Gasteiger partial charge in [-0.05, 0) is 24.4 Å². The molecule has 0 radical (unpaired) electrons. The second-order valence-corrected chi connectivity index (χ2v) is 5.96. The van der Waals surface area contributed by atoms with Gasteiger partial charge in [0.25, 0.3) is 5.91 Å². The van der Waals surface area contributed by atoms with Crippen molar-refractivity contribution in [3.63, 3.8) is 0 Å². The van der Waals surface area contributed by atoms with Gasteiger partial charge in [0.1, 0.15) is 0 Å². The van der Waals surface area contributed by atoms with Crippen molar-refractivity contribution in [2.24, 2.45) is 0 Å². The zero-order chi connectivity index (χ0) is 13.7. The maximum absolute atomic E-state index is 12.6. The molecule has 104 valence electrons. The van der Waals surface area contributed by atoms with Crippen molar-refractivity contribution in [1.82, 2.24) is 9.80 Å². The number of benzene rings is 1. The van der Waals surface area contributed by atoms with Crippen LogP contribution in [-0.4, -0.2) is 54.2 Å². The highest BCUT2D eigenvalue weighted by atomic mass is 32.2. The zero-order valence-corrected chi connectivity index (χ0v) is 12.6. The maximum Gasteiger partial charge on any atom is 0.255 e. The van der Waals surface area contributed by atoms with E-state index in [-0.39, 0.29) is 5.91 Å². The summed E-state index contributed by atoms with van der Waals surface area (Å²) in [4.78, 5) is 18.1. The summed E-state index contributed by atoms with van der Waals surface area (Å²) in [6.45, 7) is 9.03. The van der Waals surface area contributed by atoms with Gasteiger partial charge in [-0.1, -0.05) is 26.0 Å². The maximum atomic E-state index is 12.6. The lowest BCUT2D eigenvalue weighted by Gasteiger charge is -2.34. The number of hydrogen-bond donors (Lipinski definition) is 0. The Balaban J connectivity index is 2.07. The van der Waals surface area contributed by atoms with Crippen molar-refractivity contribution >= 4 is 17.7 Å². The van der Waals surface area contributed by atoms with Crippen LogP contribution >= 0.6 is 11.8 Å². The molecular weight excluding hydrogens is 256 g/mol. The molecule has 1 aliphatic rings. The molecule has 0 unspecified atom stereocenters. The van der Waals surface area contributed by atoms with E-state index in [0.717, 1.165) is 48.9 Å². The van der Waals surface area contributed by atoms with Crippen LogP contribution in [0.4, 0.5) is 0 Å². The molecule has 0 aliphatic carbocycles. The van der Waals surface area contributed by atoms with Gasteiger partial charge in [-0.2, -0.15) is 0 Å². The monoisotopic (exact) mass is 278 g/mol. The van der Waals surface area contributed by atoms with Crippen molar-refractivity contribution in [2.45, 2.75) is 18.7 Å². The number of nitrogens with zero attached hydrogens (tertiary/aromatic N) is 2. The Morgan fingerprint density at radius 2 is 1.84 bits per heavy atom. The molecule has 0 saturated carbocycles. The van der Waals surface area contributed by atoms with Gasteiger partial charge in [0.05, 0.1) is 5.56 Å². The highest BCUT2D eigenvalue weighted by Gasteiger charge is 2.22. The zero-order valence-electron chi connectivity index (χ0n) is 11.8. The van der Waals surface area contributed by atoms with Gasteiger partial charge < -0.3 is 9.80 Å². The molecule has 1 saturated heterocycles. The van der Waals surface area contributed by atoms with E-state index in [4.69, 9.17) is 0 Å². The van der Waals surface area contributed by atoms with Crippen LogP contribution in [0.25, 0.3) is 0 Å². The summed E-state index contributed by atoms with van der Waals surface area (Å²) in [6, 6.07) is 7.95. The van der Waals surface area contributed by atoms with Crippen LogP contribution in [0.15, 0.2) is 29.2 Å². The molecule has 0 spiro atoms. The standard InChI is InChI=1S/C15H22N2OS/c1-3-16-9-11-17(12-10-16)15(18)13-7-5-6-8-14(13)19-4-2/h5-8H,3-4,9-12H2,1-2H3. The quantitative estimate of drug-likeness (QED) is 0.791. The number of hydrogen-bond acceptors (Lipinski definition) is 3. The van der Waals surface area contributed by atoms with E-state index in [1.807, 2.05) is 29.2 Å². The number of thioether (sulfide) groups is 1. The molecule has 0 bridgehead atoms. The Morgan fingerprint density at radius 1 is 1.16 bits per heavy atom. The van der Waals surface area contributed by atoms with Crippen LogP contribution in [0.2, 0.25) is 0 Å². The van der Waals surface area contributed by atoms with Gasteiger partial charge in [0, 0.05) is 31.1 Å². The minimum atomic E-state index is 0.187. The molecule has 1 aromatic rings. The molecule has 1 fully saturated rings. The number of likely N-dealkylation sites (N-methyl/N-ethyl adjacent to an activating group) is 1. The van der Waals surface area contributed by atoms with Gasteiger partial charge in [-0.3, -0.25) is 4.79 Å². The summed E-state index contributed by atoms with van der Waals surface area (Å²) >= 11 is 1.74. The van der Waals surface area contributed by atoms with Gasteiger partial charge in [-0.15, -0.1) is 11.8 Å². The summed E-state index contributed by atoms with van der Waals surface area (Å²) in [7, 11) is 0. The molecule has 1 amide bonds. The molecule has 19 heavy (non-hydrogen) atoms. The molecule has 1 aromatic carbocycles. The third kappa shape index (κ3) is 3.51. The van der Waals surface area contributed by atoms with Crippen molar-refractivity contribution in [2.75, 3.05) is 38.5 Å². The highest BCUT2D eigenvalue weighted by Crippen LogP contribution is 2.23. The Hall–Kier alpha value is -1.00. The third-order valence-electron chi connectivity index (χ3n) is 3.52. The van der Waals surface area contributed by atoms with Gasteiger partial charge in [0.2, 0.25) is 0 Å². The summed E-state index contributed by atoms with van der Waals surface area (Å²) in [5.41, 5.74) is 0.860. The number of carbonyl (C=O) groups is 1. The molecule has 2 rings (SSSR count). The van der Waals surface area contributed by atoms with E-state index >= 15 is 0 Å². The van der Waals surface area contributed by atoms with Gasteiger partial charge in [0.15, 0.2) is 0 Å². The Kier molecular flexibility index (Phi) is 5.28. The van der Waals surface area contributed by atoms with Crippen LogP contribution in [0.1, 0.15) is 24.2 Å². The fraction of sp³-hybridized carbons (Fsp3) is 0.533. The van der Waals surface area contributed by atoms with E-state index < -0.39 is 0 Å². The Morgan fingerprint density at radius 3 is 2.47 bits per heavy atom. The van der Waals surface area contributed by atoms with E-state index in [2.05, 4.69) is 18.7 Å². The van der Waals surface area contributed by atoms with Crippen LogP contribution in [0.5, 0.6) is 0 Å². The highest BCUT2D eigenvalue weighted by molar-refractivity contribution is 7.99. The Labute approximate surface area is 120 Å². The van der Waals surface area contributed by atoms with E-state index in [0.29, 0.717) is 0 Å². The third-order valence-corrected chi connectivity index (χ3v) is 4.48. The van der Waals surface area contributed by atoms with Crippen molar-refractivity contribution < 1.29 is 4.79 Å². The molecule has 3 nitrogen and oxygen atoms in total. The first-order valence-electron chi connectivity index (χ1n) is 6.99. The van der Waals surface area contributed by atoms with Crippen LogP contribution < -0.4 is 0 Å². The van der Waals surface area contributed by atoms with Crippen LogP contribution in [-0.2, 0) is 0 Å². The molecule has 1 aliphatic heterocycles. The van der Waals surface area contributed by atoms with E-state index in [1.54, 1.807) is 11.8 Å². The van der Waals surface area contributed by atoms with Crippen molar-refractivity contribution in [3.05, 3.63) is 29.8 Å². The lowest BCUT2D eigenvalue weighted by Crippen LogP contribution is -2.48. The largest absolute Gasteiger partial charge is 0.336 e. The number of rotatable bonds is 4. The average Bonchev–Trinajstić information content (AvgIpc) is 2.47. The summed E-state index contributed by atoms with van der Waals surface area (Å²) in [5, 5.41) is 0. The first-order chi connectivity index (χ1) is 9.26. The van der Waals surface area contributed by atoms with Crippen molar-refractivity contribution in [1.29, 1.82) is 0 Å². The molecule has 0 N–H and O–H groups in total. The fourth-order valence-corrected chi connectivity index (χ4v) is 3.16. The van der Waals surface area contributed by atoms with Gasteiger partial charge in [-0.25, -0.2) is 0 Å². The van der Waals surface area contributed by atoms with Gasteiger partial charge >= 0.3 is 0 Å². The molecule has 1 heterocycles. The van der Waals surface area contributed by atoms with E-state index in [1.165, 1.54) is 0 Å². The molecule has 0 atom stereocenters. The van der Waals surface area contributed by atoms with Crippen LogP contribution in [0, 0.1) is 0 Å². The molecule has 4 heteroatoms. The molecule has 0 aromatic heterocycles. The normalized spacial score (nSPS) is 16.6. The lowest BCUT2D eigenvalue weighted by molar-refractivity contribution is 0.0640. The van der Waals surface area contributed by atoms with Crippen molar-refractivity contribution in [3.8, 4) is 0 Å². The topological polar surface area (TPSA) is 23.6 Å². The SMILES string of the molecule is CCSc1ccccc1C(=O)N1CCN(CC)CC1. The molecular formula is C15H22N2OS. The Bertz CT molecular complexity index is 428. The number of carbonyl (C=O) groups excluding carboxylic acids is 1. The second-order valence-electron chi connectivity index (χ2n) is 4.66. The minimum absolute atomic E-state index is 0.187. The fourth-order valence-electron chi connectivity index (χ4n) is 2.36. The smallest absolute Gasteiger partial charge is 0.255 e. The number of piperazine rings is 1. The first-order valence-corrected chi connectivity index (χ1v) is 7.98. The minimum Gasteiger partial charge on any atom is -0.336 e. The first kappa shape index (κ1) is 14.4. The lowest BCUT2D eigenvalue weighted by atomic mass is 10.2. The predicted molar refractivity (Wildman–Crippen MR) is 80.9 cm³/mol.